The molecule has 22 heavy (non-hydrogen) atoms. The number of aromatic nitrogens is 2. The van der Waals surface area contributed by atoms with Crippen LogP contribution in [0.15, 0.2) is 12.1 Å². The molecule has 2 heterocycles. The number of amides is 1. The van der Waals surface area contributed by atoms with Crippen LogP contribution in [0.25, 0.3) is 0 Å². The van der Waals surface area contributed by atoms with E-state index in [9.17, 15) is 4.79 Å². The van der Waals surface area contributed by atoms with Crippen LogP contribution in [0, 0.1) is 5.92 Å². The van der Waals surface area contributed by atoms with Gasteiger partial charge in [-0.15, -0.1) is 5.10 Å². The van der Waals surface area contributed by atoms with E-state index in [1.165, 1.54) is 0 Å². The average molecular weight is 302 g/mol. The van der Waals surface area contributed by atoms with Crippen molar-refractivity contribution in [2.24, 2.45) is 5.92 Å². The van der Waals surface area contributed by atoms with E-state index in [-0.39, 0.29) is 23.3 Å². The van der Waals surface area contributed by atoms with Crippen molar-refractivity contribution in [2.75, 3.05) is 18.0 Å². The first-order valence-corrected chi connectivity index (χ1v) is 8.33. The molecule has 2 aliphatic rings. The van der Waals surface area contributed by atoms with Gasteiger partial charge in [0.15, 0.2) is 5.82 Å². The molecule has 3 rings (SSSR count). The van der Waals surface area contributed by atoms with E-state index in [4.69, 9.17) is 0 Å². The van der Waals surface area contributed by atoms with E-state index < -0.39 is 0 Å². The van der Waals surface area contributed by atoms with Gasteiger partial charge in [-0.05, 0) is 37.8 Å². The second-order valence-electron chi connectivity index (χ2n) is 7.59. The standard InChI is InChI=1S/C17H26N4O/c1-17(2,3)14-8-9-15(20-19-14)21-10-4-5-13(11-21)18-16(22)12-6-7-12/h8-9,12-13H,4-7,10-11H2,1-3H3,(H,18,22). The molecule has 1 N–H and O–H groups in total. The normalized spacial score (nSPS) is 22.5. The summed E-state index contributed by atoms with van der Waals surface area (Å²) in [6.45, 7) is 8.24. The largest absolute Gasteiger partial charge is 0.353 e. The highest BCUT2D eigenvalue weighted by atomic mass is 16.2. The molecular formula is C17H26N4O. The maximum atomic E-state index is 11.9. The number of hydrogen-bond acceptors (Lipinski definition) is 4. The zero-order chi connectivity index (χ0) is 15.7. The van der Waals surface area contributed by atoms with Crippen molar-refractivity contribution in [2.45, 2.75) is 57.9 Å². The Kier molecular flexibility index (Phi) is 4.06. The fourth-order valence-corrected chi connectivity index (χ4v) is 2.86. The predicted octanol–water partition coefficient (Wildman–Crippen LogP) is 2.27. The number of anilines is 1. The lowest BCUT2D eigenvalue weighted by molar-refractivity contribution is -0.123. The van der Waals surface area contributed by atoms with E-state index in [1.54, 1.807) is 0 Å². The van der Waals surface area contributed by atoms with Crippen molar-refractivity contribution in [3.63, 3.8) is 0 Å². The molecule has 1 amide bonds. The highest BCUT2D eigenvalue weighted by molar-refractivity contribution is 5.81. The first-order valence-electron chi connectivity index (χ1n) is 8.33. The van der Waals surface area contributed by atoms with Gasteiger partial charge in [0.05, 0.1) is 5.69 Å². The molecule has 1 aromatic rings. The van der Waals surface area contributed by atoms with Gasteiger partial charge in [0.2, 0.25) is 5.91 Å². The van der Waals surface area contributed by atoms with E-state index in [2.05, 4.69) is 53.3 Å². The molecule has 0 aromatic carbocycles. The Morgan fingerprint density at radius 3 is 2.59 bits per heavy atom. The van der Waals surface area contributed by atoms with Crippen LogP contribution in [0.5, 0.6) is 0 Å². The van der Waals surface area contributed by atoms with E-state index >= 15 is 0 Å². The smallest absolute Gasteiger partial charge is 0.223 e. The number of piperidine rings is 1. The van der Waals surface area contributed by atoms with Crippen LogP contribution in [0.4, 0.5) is 5.82 Å². The predicted molar refractivity (Wildman–Crippen MR) is 86.8 cm³/mol. The van der Waals surface area contributed by atoms with Crippen LogP contribution in [0.2, 0.25) is 0 Å². The molecule has 1 atom stereocenters. The number of rotatable bonds is 3. The van der Waals surface area contributed by atoms with Crippen LogP contribution < -0.4 is 10.2 Å². The summed E-state index contributed by atoms with van der Waals surface area (Å²) < 4.78 is 0. The van der Waals surface area contributed by atoms with Crippen LogP contribution >= 0.6 is 0 Å². The van der Waals surface area contributed by atoms with Crippen molar-refractivity contribution in [1.29, 1.82) is 0 Å². The number of carbonyl (C=O) groups excluding carboxylic acids is 1. The minimum atomic E-state index is 0.0220. The second-order valence-corrected chi connectivity index (χ2v) is 7.59. The first-order chi connectivity index (χ1) is 10.4. The third-order valence-electron chi connectivity index (χ3n) is 4.46. The minimum Gasteiger partial charge on any atom is -0.353 e. The molecule has 5 heteroatoms. The van der Waals surface area contributed by atoms with Gasteiger partial charge in [-0.1, -0.05) is 20.8 Å². The van der Waals surface area contributed by atoms with Gasteiger partial charge < -0.3 is 10.2 Å². The Labute approximate surface area is 132 Å². The van der Waals surface area contributed by atoms with Crippen molar-refractivity contribution < 1.29 is 4.79 Å². The molecule has 0 radical (unpaired) electrons. The number of hydrogen-bond donors (Lipinski definition) is 1. The zero-order valence-electron chi connectivity index (χ0n) is 13.8. The van der Waals surface area contributed by atoms with Crippen LogP contribution in [0.3, 0.4) is 0 Å². The van der Waals surface area contributed by atoms with Gasteiger partial charge >= 0.3 is 0 Å². The molecule has 2 fully saturated rings. The molecular weight excluding hydrogens is 276 g/mol. The lowest BCUT2D eigenvalue weighted by atomic mass is 9.92. The van der Waals surface area contributed by atoms with Gasteiger partial charge in [-0.25, -0.2) is 0 Å². The summed E-state index contributed by atoms with van der Waals surface area (Å²) >= 11 is 0. The van der Waals surface area contributed by atoms with E-state index in [0.29, 0.717) is 0 Å². The Morgan fingerprint density at radius 2 is 2.00 bits per heavy atom. The zero-order valence-corrected chi connectivity index (χ0v) is 13.8. The Morgan fingerprint density at radius 1 is 1.23 bits per heavy atom. The fraction of sp³-hybridized carbons (Fsp3) is 0.706. The van der Waals surface area contributed by atoms with Crippen molar-refractivity contribution >= 4 is 11.7 Å². The molecule has 1 aromatic heterocycles. The molecule has 1 unspecified atom stereocenters. The summed E-state index contributed by atoms with van der Waals surface area (Å²) in [7, 11) is 0. The van der Waals surface area contributed by atoms with E-state index in [0.717, 1.165) is 50.3 Å². The summed E-state index contributed by atoms with van der Waals surface area (Å²) in [5.41, 5.74) is 1.03. The van der Waals surface area contributed by atoms with Crippen molar-refractivity contribution in [1.82, 2.24) is 15.5 Å². The maximum absolute atomic E-state index is 11.9. The Hall–Kier alpha value is -1.65. The SMILES string of the molecule is CC(C)(C)c1ccc(N2CCCC(NC(=O)C3CC3)C2)nn1. The van der Waals surface area contributed by atoms with Gasteiger partial charge in [0.25, 0.3) is 0 Å². The van der Waals surface area contributed by atoms with Crippen molar-refractivity contribution in [3.8, 4) is 0 Å². The molecule has 0 bridgehead atoms. The highest BCUT2D eigenvalue weighted by Gasteiger charge is 2.32. The summed E-state index contributed by atoms with van der Waals surface area (Å²) in [6.07, 6.45) is 4.25. The molecule has 0 spiro atoms. The van der Waals surface area contributed by atoms with Gasteiger partial charge in [-0.2, -0.15) is 5.10 Å². The topological polar surface area (TPSA) is 58.1 Å². The molecule has 120 valence electrons. The Bertz CT molecular complexity index is 531. The lowest BCUT2D eigenvalue weighted by Crippen LogP contribution is -2.48. The van der Waals surface area contributed by atoms with Gasteiger partial charge in [-0.3, -0.25) is 4.79 Å². The van der Waals surface area contributed by atoms with Gasteiger partial charge in [0, 0.05) is 30.5 Å². The molecule has 1 aliphatic carbocycles. The molecule has 5 nitrogen and oxygen atoms in total. The third-order valence-corrected chi connectivity index (χ3v) is 4.46. The molecule has 1 aliphatic heterocycles. The quantitative estimate of drug-likeness (QED) is 0.930. The number of nitrogens with zero attached hydrogens (tertiary/aromatic N) is 3. The summed E-state index contributed by atoms with van der Waals surface area (Å²) in [5.74, 6) is 1.43. The monoisotopic (exact) mass is 302 g/mol. The maximum Gasteiger partial charge on any atom is 0.223 e. The van der Waals surface area contributed by atoms with Crippen LogP contribution in [0.1, 0.15) is 52.1 Å². The second kappa shape index (κ2) is 5.86. The fourth-order valence-electron chi connectivity index (χ4n) is 2.86. The molecule has 1 saturated carbocycles. The summed E-state index contributed by atoms with van der Waals surface area (Å²) in [5, 5.41) is 12.0. The lowest BCUT2D eigenvalue weighted by Gasteiger charge is -2.34. The summed E-state index contributed by atoms with van der Waals surface area (Å²) in [4.78, 5) is 14.2. The minimum absolute atomic E-state index is 0.0220. The third kappa shape index (κ3) is 3.57. The van der Waals surface area contributed by atoms with Crippen molar-refractivity contribution in [3.05, 3.63) is 17.8 Å². The van der Waals surface area contributed by atoms with Gasteiger partial charge in [0.1, 0.15) is 0 Å². The highest BCUT2D eigenvalue weighted by Crippen LogP contribution is 2.29. The van der Waals surface area contributed by atoms with Crippen LogP contribution in [-0.4, -0.2) is 35.2 Å². The first kappa shape index (κ1) is 15.3. The molecule has 1 saturated heterocycles. The number of carbonyl (C=O) groups is 1. The van der Waals surface area contributed by atoms with Crippen LogP contribution in [-0.2, 0) is 10.2 Å². The number of nitrogens with one attached hydrogen (secondary N) is 1. The Balaban J connectivity index is 1.62. The summed E-state index contributed by atoms with van der Waals surface area (Å²) in [6, 6.07) is 4.36. The average Bonchev–Trinajstić information content (AvgIpc) is 3.31. The van der Waals surface area contributed by atoms with E-state index in [1.807, 2.05) is 0 Å².